The van der Waals surface area contributed by atoms with E-state index >= 15 is 0 Å². The number of imidazole rings is 1. The predicted molar refractivity (Wildman–Crippen MR) is 110 cm³/mol. The molecule has 29 heavy (non-hydrogen) atoms. The molecule has 0 aromatic carbocycles. The Morgan fingerprint density at radius 2 is 1.69 bits per heavy atom. The zero-order chi connectivity index (χ0) is 21.9. The topological polar surface area (TPSA) is 125 Å². The van der Waals surface area contributed by atoms with Gasteiger partial charge in [-0.05, 0) is 31.8 Å². The molecule has 0 bridgehead atoms. The van der Waals surface area contributed by atoms with E-state index in [1.54, 1.807) is 0 Å². The van der Waals surface area contributed by atoms with Crippen LogP contribution in [-0.4, -0.2) is 63.1 Å². The quantitative estimate of drug-likeness (QED) is 0.586. The van der Waals surface area contributed by atoms with Gasteiger partial charge in [-0.15, -0.1) is 0 Å². The fourth-order valence-corrected chi connectivity index (χ4v) is 3.13. The van der Waals surface area contributed by atoms with E-state index in [1.807, 2.05) is 12.5 Å². The zero-order valence-electron chi connectivity index (χ0n) is 17.6. The number of amides is 1. The highest BCUT2D eigenvalue weighted by molar-refractivity contribution is 5.75. The van der Waals surface area contributed by atoms with Crippen molar-refractivity contribution in [2.75, 3.05) is 19.6 Å². The van der Waals surface area contributed by atoms with Crippen LogP contribution in [0.5, 0.6) is 0 Å². The molecular formula is C20H36N4O5. The molecule has 1 fully saturated rings. The largest absolute Gasteiger partial charge is 0.483 e. The van der Waals surface area contributed by atoms with Crippen LogP contribution in [0.25, 0.3) is 0 Å². The number of carbonyl (C=O) groups is 3. The van der Waals surface area contributed by atoms with E-state index in [-0.39, 0.29) is 18.9 Å². The van der Waals surface area contributed by atoms with Gasteiger partial charge in [0, 0.05) is 25.7 Å². The summed E-state index contributed by atoms with van der Waals surface area (Å²) in [4.78, 5) is 35.5. The van der Waals surface area contributed by atoms with Crippen molar-refractivity contribution in [2.24, 2.45) is 5.92 Å². The minimum Gasteiger partial charge on any atom is -0.483 e. The third-order valence-electron chi connectivity index (χ3n) is 4.43. The van der Waals surface area contributed by atoms with Crippen molar-refractivity contribution in [1.29, 1.82) is 0 Å². The third-order valence-corrected chi connectivity index (χ3v) is 4.43. The number of carbonyl (C=O) groups excluding carboxylic acids is 1. The number of carboxylic acid groups (broad SMARTS) is 2. The standard InChI is InChI=1S/C18H32N4O.2CH2O2/c1-16(2)14-22-15-19-12-17(22)13-20-18(23)8-11-21-9-6-4-3-5-7-10-21;2*2-1-3/h12,15-16H,3-11,13-14H2,1-2H3,(H,20,23);2*1H,(H,2,3). The monoisotopic (exact) mass is 412 g/mol. The molecule has 166 valence electrons. The lowest BCUT2D eigenvalue weighted by Gasteiger charge is -2.24. The molecule has 9 heteroatoms. The molecule has 0 unspecified atom stereocenters. The van der Waals surface area contributed by atoms with Crippen molar-refractivity contribution in [3.05, 3.63) is 18.2 Å². The van der Waals surface area contributed by atoms with Crippen LogP contribution in [0.1, 0.15) is 58.1 Å². The SMILES string of the molecule is CC(C)Cn1cncc1CNC(=O)CCN1CCCCCCC1.O=CO.O=CO. The summed E-state index contributed by atoms with van der Waals surface area (Å²) in [5, 5.41) is 16.8. The molecule has 1 aromatic heterocycles. The minimum atomic E-state index is -0.250. The van der Waals surface area contributed by atoms with Crippen LogP contribution in [0.3, 0.4) is 0 Å². The summed E-state index contributed by atoms with van der Waals surface area (Å²) in [6.45, 7) is 8.57. The Balaban J connectivity index is 0.00000116. The van der Waals surface area contributed by atoms with Crippen molar-refractivity contribution in [3.8, 4) is 0 Å². The van der Waals surface area contributed by atoms with Crippen LogP contribution in [0.15, 0.2) is 12.5 Å². The molecule has 1 aromatic rings. The van der Waals surface area contributed by atoms with E-state index in [2.05, 4.69) is 33.6 Å². The number of nitrogens with one attached hydrogen (secondary N) is 1. The first kappa shape index (κ1) is 26.6. The van der Waals surface area contributed by atoms with Crippen molar-refractivity contribution in [3.63, 3.8) is 0 Å². The maximum Gasteiger partial charge on any atom is 0.290 e. The van der Waals surface area contributed by atoms with Gasteiger partial charge in [0.1, 0.15) is 0 Å². The third kappa shape index (κ3) is 14.3. The first-order valence-electron chi connectivity index (χ1n) is 10.1. The Bertz CT molecular complexity index is 549. The Morgan fingerprint density at radius 3 is 2.24 bits per heavy atom. The van der Waals surface area contributed by atoms with Gasteiger partial charge in [-0.1, -0.05) is 33.1 Å². The van der Waals surface area contributed by atoms with Crippen LogP contribution in [-0.2, 0) is 27.5 Å². The highest BCUT2D eigenvalue weighted by Gasteiger charge is 2.11. The van der Waals surface area contributed by atoms with E-state index in [4.69, 9.17) is 19.8 Å². The molecule has 0 saturated carbocycles. The van der Waals surface area contributed by atoms with Crippen molar-refractivity contribution < 1.29 is 24.6 Å². The van der Waals surface area contributed by atoms with Gasteiger partial charge in [-0.25, -0.2) is 4.98 Å². The Hall–Kier alpha value is -2.42. The molecular weight excluding hydrogens is 376 g/mol. The second-order valence-corrected chi connectivity index (χ2v) is 7.28. The van der Waals surface area contributed by atoms with Crippen LogP contribution in [0.4, 0.5) is 0 Å². The summed E-state index contributed by atoms with van der Waals surface area (Å²) in [5.74, 6) is 0.718. The van der Waals surface area contributed by atoms with E-state index in [0.29, 0.717) is 18.9 Å². The van der Waals surface area contributed by atoms with Crippen molar-refractivity contribution in [2.45, 2.75) is 65.5 Å². The lowest BCUT2D eigenvalue weighted by molar-refractivity contribution is -0.123. The predicted octanol–water partition coefficient (Wildman–Crippen LogP) is 2.21. The van der Waals surface area contributed by atoms with E-state index in [0.717, 1.165) is 31.9 Å². The van der Waals surface area contributed by atoms with E-state index in [9.17, 15) is 4.79 Å². The van der Waals surface area contributed by atoms with Crippen LogP contribution in [0.2, 0.25) is 0 Å². The first-order chi connectivity index (χ1) is 14.0. The van der Waals surface area contributed by atoms with E-state index in [1.165, 1.54) is 32.1 Å². The van der Waals surface area contributed by atoms with Gasteiger partial charge < -0.3 is 25.0 Å². The van der Waals surface area contributed by atoms with Gasteiger partial charge in [0.15, 0.2) is 0 Å². The average Bonchev–Trinajstić information content (AvgIpc) is 3.06. The van der Waals surface area contributed by atoms with Crippen LogP contribution in [0, 0.1) is 5.92 Å². The second kappa shape index (κ2) is 17.7. The molecule has 1 saturated heterocycles. The maximum absolute atomic E-state index is 12.1. The minimum absolute atomic E-state index is 0.143. The lowest BCUT2D eigenvalue weighted by atomic mass is 10.1. The number of likely N-dealkylation sites (tertiary alicyclic amines) is 1. The lowest BCUT2D eigenvalue weighted by Crippen LogP contribution is -2.33. The van der Waals surface area contributed by atoms with Gasteiger partial charge in [-0.2, -0.15) is 0 Å². The van der Waals surface area contributed by atoms with Gasteiger partial charge in [0.05, 0.1) is 18.6 Å². The molecule has 2 rings (SSSR count). The average molecular weight is 413 g/mol. The summed E-state index contributed by atoms with van der Waals surface area (Å²) in [5.41, 5.74) is 1.08. The highest BCUT2D eigenvalue weighted by atomic mass is 16.3. The smallest absolute Gasteiger partial charge is 0.290 e. The molecule has 0 aliphatic carbocycles. The fourth-order valence-electron chi connectivity index (χ4n) is 3.13. The Morgan fingerprint density at radius 1 is 1.14 bits per heavy atom. The van der Waals surface area contributed by atoms with Gasteiger partial charge >= 0.3 is 0 Å². The number of aromatic nitrogens is 2. The Labute approximate surface area is 173 Å². The summed E-state index contributed by atoms with van der Waals surface area (Å²) < 4.78 is 2.13. The van der Waals surface area contributed by atoms with Crippen molar-refractivity contribution in [1.82, 2.24) is 19.8 Å². The summed E-state index contributed by atoms with van der Waals surface area (Å²) in [6, 6.07) is 0. The molecule has 1 aliphatic rings. The molecule has 0 spiro atoms. The molecule has 3 N–H and O–H groups in total. The normalized spacial score (nSPS) is 14.3. The number of nitrogens with zero attached hydrogens (tertiary/aromatic N) is 3. The first-order valence-corrected chi connectivity index (χ1v) is 10.1. The highest BCUT2D eigenvalue weighted by Crippen LogP contribution is 2.10. The van der Waals surface area contributed by atoms with Crippen LogP contribution >= 0.6 is 0 Å². The molecule has 1 aliphatic heterocycles. The molecule has 0 radical (unpaired) electrons. The van der Waals surface area contributed by atoms with Gasteiger partial charge in [-0.3, -0.25) is 14.4 Å². The summed E-state index contributed by atoms with van der Waals surface area (Å²) in [6.07, 6.45) is 10.9. The Kier molecular flexibility index (Phi) is 16.2. The summed E-state index contributed by atoms with van der Waals surface area (Å²) >= 11 is 0. The number of hydrogen-bond acceptors (Lipinski definition) is 5. The maximum atomic E-state index is 12.1. The fraction of sp³-hybridized carbons (Fsp3) is 0.700. The van der Waals surface area contributed by atoms with E-state index < -0.39 is 0 Å². The molecule has 1 amide bonds. The van der Waals surface area contributed by atoms with Gasteiger partial charge in [0.25, 0.3) is 12.9 Å². The van der Waals surface area contributed by atoms with Crippen LogP contribution < -0.4 is 5.32 Å². The summed E-state index contributed by atoms with van der Waals surface area (Å²) in [7, 11) is 0. The number of hydrogen-bond donors (Lipinski definition) is 3. The molecule has 2 heterocycles. The number of rotatable bonds is 7. The molecule has 9 nitrogen and oxygen atoms in total. The zero-order valence-corrected chi connectivity index (χ0v) is 17.6. The van der Waals surface area contributed by atoms with Crippen molar-refractivity contribution >= 4 is 18.9 Å². The molecule has 0 atom stereocenters. The second-order valence-electron chi connectivity index (χ2n) is 7.28. The van der Waals surface area contributed by atoms with Gasteiger partial charge in [0.2, 0.25) is 5.91 Å².